The van der Waals surface area contributed by atoms with Gasteiger partial charge in [0.15, 0.2) is 0 Å². The Morgan fingerprint density at radius 3 is 2.59 bits per heavy atom. The van der Waals surface area contributed by atoms with Crippen molar-refractivity contribution in [2.75, 3.05) is 10.6 Å². The number of carbonyl (C=O) groups is 2. The van der Waals surface area contributed by atoms with Crippen molar-refractivity contribution in [1.82, 2.24) is 9.78 Å². The van der Waals surface area contributed by atoms with Crippen LogP contribution in [0.5, 0.6) is 0 Å². The van der Waals surface area contributed by atoms with E-state index in [0.717, 1.165) is 5.56 Å². The maximum atomic E-state index is 12.8. The summed E-state index contributed by atoms with van der Waals surface area (Å²) in [6.07, 6.45) is 2.93. The molecule has 29 heavy (non-hydrogen) atoms. The van der Waals surface area contributed by atoms with Crippen molar-refractivity contribution < 1.29 is 14.7 Å². The van der Waals surface area contributed by atoms with E-state index >= 15 is 0 Å². The molecule has 0 saturated carbocycles. The Kier molecular flexibility index (Phi) is 4.82. The number of hydrogen-bond donors (Lipinski definition) is 3. The molecule has 0 unspecified atom stereocenters. The van der Waals surface area contributed by atoms with Crippen LogP contribution in [-0.4, -0.2) is 26.8 Å². The third-order valence-corrected chi connectivity index (χ3v) is 4.99. The van der Waals surface area contributed by atoms with Gasteiger partial charge < -0.3 is 15.7 Å². The first kappa shape index (κ1) is 18.8. The summed E-state index contributed by atoms with van der Waals surface area (Å²) in [4.78, 5) is 24.5. The van der Waals surface area contributed by atoms with Crippen LogP contribution in [-0.2, 0) is 4.79 Å². The smallest absolute Gasteiger partial charge is 0.352 e. The van der Waals surface area contributed by atoms with Crippen molar-refractivity contribution in [3.05, 3.63) is 88.2 Å². The largest absolute Gasteiger partial charge is 0.477 e. The predicted molar refractivity (Wildman–Crippen MR) is 110 cm³/mol. The fraction of sp³-hybridized carbons (Fsp3) is 0.0952. The lowest BCUT2D eigenvalue weighted by atomic mass is 10.0. The number of aliphatic carboxylic acids is 1. The minimum atomic E-state index is -1.14. The zero-order valence-corrected chi connectivity index (χ0v) is 16.1. The Morgan fingerprint density at radius 1 is 1.17 bits per heavy atom. The van der Waals surface area contributed by atoms with Gasteiger partial charge in [0.1, 0.15) is 23.1 Å². The van der Waals surface area contributed by atoms with Crippen molar-refractivity contribution in [3.63, 3.8) is 0 Å². The lowest BCUT2D eigenvalue weighted by Gasteiger charge is -2.25. The Labute approximate surface area is 171 Å². The van der Waals surface area contributed by atoms with Gasteiger partial charge in [-0.1, -0.05) is 47.5 Å². The molecule has 1 amide bonds. The molecular formula is C21H17ClN4O3. The predicted octanol–water partition coefficient (Wildman–Crippen LogP) is 4.08. The molecule has 146 valence electrons. The molecule has 3 N–H and O–H groups in total. The van der Waals surface area contributed by atoms with Crippen LogP contribution in [0.15, 0.2) is 66.5 Å². The minimum Gasteiger partial charge on any atom is -0.477 e. The van der Waals surface area contributed by atoms with Crippen LogP contribution >= 0.6 is 11.6 Å². The average molecular weight is 409 g/mol. The van der Waals surface area contributed by atoms with Crippen LogP contribution in [0.25, 0.3) is 0 Å². The Balaban J connectivity index is 1.73. The second-order valence-corrected chi connectivity index (χ2v) is 7.06. The molecular weight excluding hydrogens is 392 g/mol. The fourth-order valence-electron chi connectivity index (χ4n) is 3.16. The van der Waals surface area contributed by atoms with Gasteiger partial charge in [-0.25, -0.2) is 9.48 Å². The number of hydrogen-bond acceptors (Lipinski definition) is 4. The second kappa shape index (κ2) is 7.44. The summed E-state index contributed by atoms with van der Waals surface area (Å²) in [5.74, 6) is -1.24. The molecule has 0 saturated heterocycles. The zero-order chi connectivity index (χ0) is 20.5. The van der Waals surface area contributed by atoms with E-state index in [1.807, 2.05) is 25.1 Å². The molecule has 0 fully saturated rings. The van der Waals surface area contributed by atoms with Crippen LogP contribution < -0.4 is 10.6 Å². The average Bonchev–Trinajstić information content (AvgIpc) is 3.13. The number of anilines is 2. The maximum absolute atomic E-state index is 12.8. The number of benzene rings is 2. The monoisotopic (exact) mass is 408 g/mol. The molecule has 4 rings (SSSR count). The number of nitrogens with one attached hydrogen (secondary N) is 2. The molecule has 8 heteroatoms. The third kappa shape index (κ3) is 3.60. The maximum Gasteiger partial charge on any atom is 0.352 e. The van der Waals surface area contributed by atoms with E-state index in [1.54, 1.807) is 35.0 Å². The molecule has 7 nitrogen and oxygen atoms in total. The van der Waals surface area contributed by atoms with Gasteiger partial charge in [0.05, 0.1) is 6.20 Å². The van der Waals surface area contributed by atoms with Crippen molar-refractivity contribution in [1.29, 1.82) is 0 Å². The molecule has 0 aliphatic carbocycles. The summed E-state index contributed by atoms with van der Waals surface area (Å²) in [5, 5.41) is 19.9. The number of fused-ring (bicyclic) bond motifs is 1. The van der Waals surface area contributed by atoms with E-state index in [-0.39, 0.29) is 11.3 Å². The first-order chi connectivity index (χ1) is 13.9. The number of nitrogens with zero attached hydrogens (tertiary/aromatic N) is 2. The summed E-state index contributed by atoms with van der Waals surface area (Å²) in [7, 11) is 0. The van der Waals surface area contributed by atoms with Crippen LogP contribution in [0.3, 0.4) is 0 Å². The number of carboxylic acids is 1. The molecule has 0 spiro atoms. The lowest BCUT2D eigenvalue weighted by Crippen LogP contribution is -2.25. The van der Waals surface area contributed by atoms with Gasteiger partial charge in [0.2, 0.25) is 0 Å². The highest BCUT2D eigenvalue weighted by Crippen LogP contribution is 2.35. The van der Waals surface area contributed by atoms with Crippen LogP contribution in [0, 0.1) is 6.92 Å². The number of rotatable bonds is 4. The molecule has 1 aliphatic heterocycles. The molecule has 1 aliphatic rings. The van der Waals surface area contributed by atoms with E-state index in [2.05, 4.69) is 15.7 Å². The van der Waals surface area contributed by atoms with Crippen molar-refractivity contribution in [2.24, 2.45) is 0 Å². The summed E-state index contributed by atoms with van der Waals surface area (Å²) >= 11 is 6.32. The SMILES string of the molecule is Cc1ccc(NC(=O)c2cnn3c2NC(C(=O)O)=C[C@@H]3c2ccccc2Cl)cc1. The molecule has 2 aromatic carbocycles. The second-order valence-electron chi connectivity index (χ2n) is 6.65. The van der Waals surface area contributed by atoms with E-state index in [1.165, 1.54) is 12.3 Å². The van der Waals surface area contributed by atoms with Gasteiger partial charge in [0.25, 0.3) is 5.91 Å². The zero-order valence-electron chi connectivity index (χ0n) is 15.4. The summed E-state index contributed by atoms with van der Waals surface area (Å²) in [6, 6.07) is 13.9. The number of aromatic nitrogens is 2. The van der Waals surface area contributed by atoms with Gasteiger partial charge in [-0.15, -0.1) is 0 Å². The topological polar surface area (TPSA) is 96.3 Å². The number of amides is 1. The molecule has 0 bridgehead atoms. The van der Waals surface area contributed by atoms with E-state index in [9.17, 15) is 14.7 Å². The number of carboxylic acid groups (broad SMARTS) is 1. The van der Waals surface area contributed by atoms with Crippen molar-refractivity contribution >= 4 is 35.0 Å². The Morgan fingerprint density at radius 2 is 1.90 bits per heavy atom. The number of carbonyl (C=O) groups excluding carboxylic acids is 1. The van der Waals surface area contributed by atoms with E-state index in [0.29, 0.717) is 22.1 Å². The van der Waals surface area contributed by atoms with Gasteiger partial charge >= 0.3 is 5.97 Å². The number of aryl methyl sites for hydroxylation is 1. The molecule has 3 aromatic rings. The summed E-state index contributed by atoms with van der Waals surface area (Å²) < 4.78 is 1.55. The number of halogens is 1. The lowest BCUT2D eigenvalue weighted by molar-refractivity contribution is -0.132. The standard InChI is InChI=1S/C21H17ClN4O3/c1-12-6-8-13(9-7-12)24-20(27)15-11-23-26-18(14-4-2-3-5-16(14)22)10-17(21(28)29)25-19(15)26/h2-11,18,25H,1H3,(H,24,27)(H,28,29)/t18-/m1/s1. The van der Waals surface area contributed by atoms with Crippen molar-refractivity contribution in [2.45, 2.75) is 13.0 Å². The summed E-state index contributed by atoms with van der Waals surface area (Å²) in [5.41, 5.74) is 2.57. The third-order valence-electron chi connectivity index (χ3n) is 4.64. The van der Waals surface area contributed by atoms with Gasteiger partial charge in [-0.3, -0.25) is 4.79 Å². The highest BCUT2D eigenvalue weighted by Gasteiger charge is 2.30. The van der Waals surface area contributed by atoms with E-state index in [4.69, 9.17) is 11.6 Å². The molecule has 1 atom stereocenters. The van der Waals surface area contributed by atoms with Crippen LogP contribution in [0.1, 0.15) is 27.5 Å². The van der Waals surface area contributed by atoms with Crippen molar-refractivity contribution in [3.8, 4) is 0 Å². The van der Waals surface area contributed by atoms with Gasteiger partial charge in [-0.2, -0.15) is 5.10 Å². The van der Waals surface area contributed by atoms with Crippen LogP contribution in [0.4, 0.5) is 11.5 Å². The molecule has 0 radical (unpaired) electrons. The van der Waals surface area contributed by atoms with Crippen LogP contribution in [0.2, 0.25) is 5.02 Å². The fourth-order valence-corrected chi connectivity index (χ4v) is 3.41. The van der Waals surface area contributed by atoms with Gasteiger partial charge in [0, 0.05) is 10.7 Å². The highest BCUT2D eigenvalue weighted by molar-refractivity contribution is 6.31. The Hall–Kier alpha value is -3.58. The highest BCUT2D eigenvalue weighted by atomic mass is 35.5. The number of allylic oxidation sites excluding steroid dienone is 1. The quantitative estimate of drug-likeness (QED) is 0.604. The van der Waals surface area contributed by atoms with E-state index < -0.39 is 17.9 Å². The minimum absolute atomic E-state index is 0.0488. The first-order valence-corrected chi connectivity index (χ1v) is 9.24. The van der Waals surface area contributed by atoms with Gasteiger partial charge in [-0.05, 0) is 36.8 Å². The summed E-state index contributed by atoms with van der Waals surface area (Å²) in [6.45, 7) is 1.96. The Bertz CT molecular complexity index is 1140. The molecule has 2 heterocycles. The molecule has 1 aromatic heterocycles. The first-order valence-electron chi connectivity index (χ1n) is 8.86. The normalized spacial score (nSPS) is 15.1.